The van der Waals surface area contributed by atoms with Crippen molar-refractivity contribution in [1.82, 2.24) is 15.1 Å². The monoisotopic (exact) mass is 218 g/mol. The lowest BCUT2D eigenvalue weighted by Gasteiger charge is -1.99. The van der Waals surface area contributed by atoms with E-state index in [1.165, 1.54) is 0 Å². The highest BCUT2D eigenvalue weighted by atomic mass is 16.5. The maximum Gasteiger partial charge on any atom is 0.258 e. The molecule has 5 nitrogen and oxygen atoms in total. The number of hydrogen-bond acceptors (Lipinski definition) is 5. The third-order valence-corrected chi connectivity index (χ3v) is 2.38. The number of rotatable bonds is 3. The molecule has 1 atom stereocenters. The van der Waals surface area contributed by atoms with Crippen LogP contribution in [0.1, 0.15) is 24.4 Å². The Bertz CT molecular complexity index is 480. The number of aryl methyl sites for hydroxylation is 1. The third-order valence-electron chi connectivity index (χ3n) is 2.38. The topological polar surface area (TPSA) is 77.8 Å². The van der Waals surface area contributed by atoms with E-state index in [0.29, 0.717) is 18.3 Å². The zero-order valence-electron chi connectivity index (χ0n) is 9.34. The summed E-state index contributed by atoms with van der Waals surface area (Å²) in [6.07, 6.45) is 1.72. The molecule has 0 amide bonds. The first kappa shape index (κ1) is 10.8. The molecule has 2 aromatic rings. The van der Waals surface area contributed by atoms with Crippen LogP contribution >= 0.6 is 0 Å². The molecular weight excluding hydrogens is 204 g/mol. The average molecular weight is 218 g/mol. The second-order valence-electron chi connectivity index (χ2n) is 3.78. The average Bonchev–Trinajstić information content (AvgIpc) is 2.77. The van der Waals surface area contributed by atoms with Crippen molar-refractivity contribution in [3.05, 3.63) is 29.8 Å². The second kappa shape index (κ2) is 4.40. The van der Waals surface area contributed by atoms with E-state index in [2.05, 4.69) is 15.1 Å². The lowest BCUT2D eigenvalue weighted by molar-refractivity contribution is 0.418. The molecule has 0 aliphatic rings. The minimum atomic E-state index is 0.112. The largest absolute Gasteiger partial charge is 0.334 e. The van der Waals surface area contributed by atoms with Crippen LogP contribution in [-0.4, -0.2) is 21.7 Å². The lowest BCUT2D eigenvalue weighted by Crippen LogP contribution is -2.10. The first-order valence-electron chi connectivity index (χ1n) is 5.17. The summed E-state index contributed by atoms with van der Waals surface area (Å²) in [7, 11) is 0. The van der Waals surface area contributed by atoms with Crippen LogP contribution in [0.2, 0.25) is 0 Å². The molecule has 5 heteroatoms. The molecule has 0 spiro atoms. The highest BCUT2D eigenvalue weighted by Crippen LogP contribution is 2.19. The van der Waals surface area contributed by atoms with E-state index >= 15 is 0 Å². The van der Waals surface area contributed by atoms with E-state index in [1.807, 2.05) is 26.0 Å². The van der Waals surface area contributed by atoms with Crippen LogP contribution in [0.3, 0.4) is 0 Å². The number of aromatic nitrogens is 3. The summed E-state index contributed by atoms with van der Waals surface area (Å²) in [5.41, 5.74) is 7.35. The Labute approximate surface area is 93.7 Å². The van der Waals surface area contributed by atoms with Crippen LogP contribution in [0.15, 0.2) is 22.9 Å². The van der Waals surface area contributed by atoms with Crippen molar-refractivity contribution in [2.24, 2.45) is 5.73 Å². The van der Waals surface area contributed by atoms with Gasteiger partial charge in [0.2, 0.25) is 0 Å². The van der Waals surface area contributed by atoms with Gasteiger partial charge < -0.3 is 10.3 Å². The van der Waals surface area contributed by atoms with Crippen LogP contribution in [0, 0.1) is 6.92 Å². The zero-order chi connectivity index (χ0) is 11.5. The van der Waals surface area contributed by atoms with Gasteiger partial charge in [0.1, 0.15) is 0 Å². The summed E-state index contributed by atoms with van der Waals surface area (Å²) in [4.78, 5) is 8.42. The molecule has 0 aliphatic carbocycles. The van der Waals surface area contributed by atoms with E-state index in [9.17, 15) is 0 Å². The van der Waals surface area contributed by atoms with E-state index in [0.717, 1.165) is 11.3 Å². The zero-order valence-corrected chi connectivity index (χ0v) is 9.34. The fourth-order valence-electron chi connectivity index (χ4n) is 1.34. The van der Waals surface area contributed by atoms with Gasteiger partial charge in [-0.05, 0) is 19.1 Å². The quantitative estimate of drug-likeness (QED) is 0.844. The SMILES string of the molecule is Cc1cc(-c2nc(C(C)CN)no2)ccn1. The van der Waals surface area contributed by atoms with Crippen molar-refractivity contribution in [2.45, 2.75) is 19.8 Å². The first-order chi connectivity index (χ1) is 7.70. The highest BCUT2D eigenvalue weighted by molar-refractivity contribution is 5.52. The molecule has 0 aromatic carbocycles. The van der Waals surface area contributed by atoms with E-state index in [1.54, 1.807) is 6.20 Å². The number of nitrogens with zero attached hydrogens (tertiary/aromatic N) is 3. The van der Waals surface area contributed by atoms with Gasteiger partial charge in [-0.2, -0.15) is 4.98 Å². The van der Waals surface area contributed by atoms with Crippen molar-refractivity contribution < 1.29 is 4.52 Å². The summed E-state index contributed by atoms with van der Waals surface area (Å²) >= 11 is 0. The van der Waals surface area contributed by atoms with Crippen LogP contribution in [-0.2, 0) is 0 Å². The molecule has 2 aromatic heterocycles. The van der Waals surface area contributed by atoms with Gasteiger partial charge in [-0.15, -0.1) is 0 Å². The van der Waals surface area contributed by atoms with Crippen molar-refractivity contribution in [3.8, 4) is 11.5 Å². The number of pyridine rings is 1. The summed E-state index contributed by atoms with van der Waals surface area (Å²) < 4.78 is 5.18. The molecule has 2 N–H and O–H groups in total. The van der Waals surface area contributed by atoms with Crippen molar-refractivity contribution >= 4 is 0 Å². The Kier molecular flexibility index (Phi) is 2.96. The van der Waals surface area contributed by atoms with Crippen LogP contribution in [0.5, 0.6) is 0 Å². The predicted molar refractivity (Wildman–Crippen MR) is 59.7 cm³/mol. The Balaban J connectivity index is 2.31. The number of hydrogen-bond donors (Lipinski definition) is 1. The fraction of sp³-hybridized carbons (Fsp3) is 0.364. The van der Waals surface area contributed by atoms with E-state index in [4.69, 9.17) is 10.3 Å². The van der Waals surface area contributed by atoms with Gasteiger partial charge in [-0.1, -0.05) is 12.1 Å². The van der Waals surface area contributed by atoms with E-state index < -0.39 is 0 Å². The van der Waals surface area contributed by atoms with Crippen LogP contribution < -0.4 is 5.73 Å². The Morgan fingerprint density at radius 2 is 2.31 bits per heavy atom. The fourth-order valence-corrected chi connectivity index (χ4v) is 1.34. The Morgan fingerprint density at radius 3 is 3.00 bits per heavy atom. The first-order valence-corrected chi connectivity index (χ1v) is 5.17. The molecule has 2 rings (SSSR count). The Hall–Kier alpha value is -1.75. The predicted octanol–water partition coefficient (Wildman–Crippen LogP) is 1.50. The molecule has 0 aliphatic heterocycles. The molecular formula is C11H14N4O. The minimum absolute atomic E-state index is 0.112. The summed E-state index contributed by atoms with van der Waals surface area (Å²) in [6, 6.07) is 3.75. The standard InChI is InChI=1S/C11H14N4O/c1-7(6-12)10-14-11(16-15-10)9-3-4-13-8(2)5-9/h3-5,7H,6,12H2,1-2H3. The molecule has 16 heavy (non-hydrogen) atoms. The van der Waals surface area contributed by atoms with Gasteiger partial charge in [-0.3, -0.25) is 4.98 Å². The molecule has 0 saturated heterocycles. The van der Waals surface area contributed by atoms with Gasteiger partial charge >= 0.3 is 0 Å². The summed E-state index contributed by atoms with van der Waals surface area (Å²) in [5, 5.41) is 3.91. The maximum absolute atomic E-state index is 5.54. The molecule has 0 fully saturated rings. The van der Waals surface area contributed by atoms with E-state index in [-0.39, 0.29) is 5.92 Å². The minimum Gasteiger partial charge on any atom is -0.334 e. The summed E-state index contributed by atoms with van der Waals surface area (Å²) in [6.45, 7) is 4.39. The van der Waals surface area contributed by atoms with Crippen molar-refractivity contribution in [2.75, 3.05) is 6.54 Å². The van der Waals surface area contributed by atoms with Crippen molar-refractivity contribution in [3.63, 3.8) is 0 Å². The van der Waals surface area contributed by atoms with Gasteiger partial charge in [0.15, 0.2) is 5.82 Å². The normalized spacial score (nSPS) is 12.7. The van der Waals surface area contributed by atoms with Gasteiger partial charge in [0.25, 0.3) is 5.89 Å². The molecule has 0 radical (unpaired) electrons. The second-order valence-corrected chi connectivity index (χ2v) is 3.78. The molecule has 0 bridgehead atoms. The van der Waals surface area contributed by atoms with Crippen molar-refractivity contribution in [1.29, 1.82) is 0 Å². The van der Waals surface area contributed by atoms with Gasteiger partial charge in [0.05, 0.1) is 0 Å². The maximum atomic E-state index is 5.54. The van der Waals surface area contributed by atoms with Gasteiger partial charge in [0, 0.05) is 29.9 Å². The molecule has 1 unspecified atom stereocenters. The smallest absolute Gasteiger partial charge is 0.258 e. The van der Waals surface area contributed by atoms with Crippen LogP contribution in [0.4, 0.5) is 0 Å². The summed E-state index contributed by atoms with van der Waals surface area (Å²) in [5.74, 6) is 1.27. The molecule has 2 heterocycles. The Morgan fingerprint density at radius 1 is 1.50 bits per heavy atom. The highest BCUT2D eigenvalue weighted by Gasteiger charge is 2.13. The third kappa shape index (κ3) is 2.09. The molecule has 0 saturated carbocycles. The number of nitrogens with two attached hydrogens (primary N) is 1. The van der Waals surface area contributed by atoms with Crippen LogP contribution in [0.25, 0.3) is 11.5 Å². The molecule has 84 valence electrons. The lowest BCUT2D eigenvalue weighted by atomic mass is 10.2. The van der Waals surface area contributed by atoms with Gasteiger partial charge in [-0.25, -0.2) is 0 Å².